The van der Waals surface area contributed by atoms with Crippen LogP contribution in [0, 0.1) is 12.8 Å². The van der Waals surface area contributed by atoms with Gasteiger partial charge in [0.15, 0.2) is 5.76 Å². The summed E-state index contributed by atoms with van der Waals surface area (Å²) >= 11 is 0. The van der Waals surface area contributed by atoms with Crippen molar-refractivity contribution in [3.05, 3.63) is 59.5 Å². The molecule has 2 heterocycles. The molecule has 1 aromatic carbocycles. The first-order chi connectivity index (χ1) is 13.1. The van der Waals surface area contributed by atoms with E-state index in [0.29, 0.717) is 13.1 Å². The lowest BCUT2D eigenvalue weighted by Gasteiger charge is -2.11. The molecule has 2 aromatic heterocycles. The first-order valence-corrected chi connectivity index (χ1v) is 9.26. The zero-order valence-electron chi connectivity index (χ0n) is 16.0. The summed E-state index contributed by atoms with van der Waals surface area (Å²) in [5, 5.41) is 13.5. The van der Waals surface area contributed by atoms with Gasteiger partial charge in [0, 0.05) is 30.3 Å². The number of nitrogens with zero attached hydrogens (tertiary/aromatic N) is 1. The van der Waals surface area contributed by atoms with Crippen molar-refractivity contribution >= 4 is 11.6 Å². The summed E-state index contributed by atoms with van der Waals surface area (Å²) in [6.07, 6.45) is 2.64. The maximum absolute atomic E-state index is 12.1. The average molecular weight is 366 g/mol. The third kappa shape index (κ3) is 4.86. The fourth-order valence-electron chi connectivity index (χ4n) is 2.78. The number of aryl methyl sites for hydroxylation is 1. The van der Waals surface area contributed by atoms with E-state index < -0.39 is 0 Å². The smallest absolute Gasteiger partial charge is 0.227 e. The summed E-state index contributed by atoms with van der Waals surface area (Å²) in [5.74, 6) is 1.72. The maximum atomic E-state index is 12.1. The summed E-state index contributed by atoms with van der Waals surface area (Å²) in [4.78, 5) is 12.1. The largest absolute Gasteiger partial charge is 0.460 e. The molecule has 3 rings (SSSR count). The molecule has 1 amide bonds. The van der Waals surface area contributed by atoms with Crippen molar-refractivity contribution in [1.82, 2.24) is 15.5 Å². The number of amides is 1. The average Bonchev–Trinajstić information content (AvgIpc) is 3.30. The van der Waals surface area contributed by atoms with Gasteiger partial charge in [0.2, 0.25) is 5.91 Å². The van der Waals surface area contributed by atoms with Crippen molar-refractivity contribution in [2.45, 2.75) is 40.3 Å². The van der Waals surface area contributed by atoms with Crippen LogP contribution in [-0.2, 0) is 17.9 Å². The number of rotatable bonds is 8. The van der Waals surface area contributed by atoms with Gasteiger partial charge in [-0.05, 0) is 43.2 Å². The summed E-state index contributed by atoms with van der Waals surface area (Å²) in [5.41, 5.74) is 3.88. The predicted molar refractivity (Wildman–Crippen MR) is 106 cm³/mol. The van der Waals surface area contributed by atoms with Gasteiger partial charge in [-0.1, -0.05) is 26.0 Å². The number of aromatic nitrogens is 2. The Morgan fingerprint density at radius 3 is 2.85 bits per heavy atom. The Labute approximate surface area is 159 Å². The van der Waals surface area contributed by atoms with Crippen LogP contribution in [0.4, 0.5) is 5.69 Å². The molecular weight excluding hydrogens is 340 g/mol. The lowest BCUT2D eigenvalue weighted by Crippen LogP contribution is -2.20. The number of nitrogens with one attached hydrogen (secondary N) is 3. The molecule has 1 unspecified atom stereocenters. The lowest BCUT2D eigenvalue weighted by molar-refractivity contribution is -0.119. The Bertz CT molecular complexity index is 897. The number of hydrogen-bond donors (Lipinski definition) is 3. The topological polar surface area (TPSA) is 83.0 Å². The Hall–Kier alpha value is -2.86. The van der Waals surface area contributed by atoms with Crippen molar-refractivity contribution < 1.29 is 9.21 Å². The summed E-state index contributed by atoms with van der Waals surface area (Å²) in [6, 6.07) is 11.8. The van der Waals surface area contributed by atoms with Crippen molar-refractivity contribution in [1.29, 1.82) is 0 Å². The second-order valence-electron chi connectivity index (χ2n) is 6.78. The van der Waals surface area contributed by atoms with Gasteiger partial charge in [0.25, 0.3) is 0 Å². The molecule has 0 fully saturated rings. The third-order valence-electron chi connectivity index (χ3n) is 4.60. The Morgan fingerprint density at radius 2 is 2.11 bits per heavy atom. The van der Waals surface area contributed by atoms with Crippen LogP contribution in [0.25, 0.3) is 11.5 Å². The van der Waals surface area contributed by atoms with Crippen LogP contribution in [0.3, 0.4) is 0 Å². The van der Waals surface area contributed by atoms with E-state index >= 15 is 0 Å². The second kappa shape index (κ2) is 8.68. The zero-order chi connectivity index (χ0) is 19.2. The number of benzene rings is 1. The highest BCUT2D eigenvalue weighted by Gasteiger charge is 2.12. The number of carbonyl (C=O) groups is 1. The molecule has 6 nitrogen and oxygen atoms in total. The Balaban J connectivity index is 1.58. The molecular formula is C21H26N4O2. The van der Waals surface area contributed by atoms with E-state index in [4.69, 9.17) is 4.42 Å². The lowest BCUT2D eigenvalue weighted by atomic mass is 10.1. The van der Waals surface area contributed by atoms with Gasteiger partial charge in [0.05, 0.1) is 6.20 Å². The molecule has 0 bridgehead atoms. The molecule has 142 valence electrons. The molecule has 27 heavy (non-hydrogen) atoms. The number of H-pyrrole nitrogens is 1. The van der Waals surface area contributed by atoms with Gasteiger partial charge in [-0.15, -0.1) is 0 Å². The molecule has 0 spiro atoms. The molecule has 0 saturated carbocycles. The van der Waals surface area contributed by atoms with Crippen molar-refractivity contribution in [2.24, 2.45) is 5.92 Å². The molecule has 1 atom stereocenters. The van der Waals surface area contributed by atoms with Gasteiger partial charge in [0.1, 0.15) is 11.5 Å². The maximum Gasteiger partial charge on any atom is 0.227 e. The molecule has 0 aliphatic heterocycles. The minimum atomic E-state index is 0.0107. The van der Waals surface area contributed by atoms with E-state index in [9.17, 15) is 4.79 Å². The van der Waals surface area contributed by atoms with Crippen LogP contribution in [0.1, 0.15) is 37.2 Å². The standard InChI is InChI=1S/C21H26N4O2/c1-4-14(2)21(26)24-18-7-5-6-16(10-18)11-22-12-17-13-23-25-20(17)19-9-8-15(3)27-19/h5-10,13-14,22H,4,11-12H2,1-3H3,(H,23,25)(H,24,26). The van der Waals surface area contributed by atoms with Gasteiger partial charge in [-0.3, -0.25) is 9.89 Å². The van der Waals surface area contributed by atoms with Gasteiger partial charge >= 0.3 is 0 Å². The van der Waals surface area contributed by atoms with E-state index in [-0.39, 0.29) is 11.8 Å². The zero-order valence-corrected chi connectivity index (χ0v) is 16.0. The quantitative estimate of drug-likeness (QED) is 0.556. The number of anilines is 1. The fourth-order valence-corrected chi connectivity index (χ4v) is 2.78. The molecule has 3 aromatic rings. The minimum Gasteiger partial charge on any atom is -0.460 e. The van der Waals surface area contributed by atoms with Crippen LogP contribution in [-0.4, -0.2) is 16.1 Å². The van der Waals surface area contributed by atoms with Crippen LogP contribution >= 0.6 is 0 Å². The first kappa shape index (κ1) is 18.9. The van der Waals surface area contributed by atoms with Crippen LogP contribution < -0.4 is 10.6 Å². The molecule has 0 aliphatic carbocycles. The highest BCUT2D eigenvalue weighted by atomic mass is 16.3. The Morgan fingerprint density at radius 1 is 1.26 bits per heavy atom. The molecule has 6 heteroatoms. The summed E-state index contributed by atoms with van der Waals surface area (Å²) in [7, 11) is 0. The summed E-state index contributed by atoms with van der Waals surface area (Å²) < 4.78 is 5.68. The van der Waals surface area contributed by atoms with E-state index in [1.165, 1.54) is 0 Å². The van der Waals surface area contributed by atoms with Gasteiger partial charge in [-0.2, -0.15) is 5.10 Å². The van der Waals surface area contributed by atoms with E-state index in [1.807, 2.05) is 63.4 Å². The normalized spacial score (nSPS) is 12.1. The van der Waals surface area contributed by atoms with Crippen molar-refractivity contribution in [3.8, 4) is 11.5 Å². The first-order valence-electron chi connectivity index (χ1n) is 9.26. The van der Waals surface area contributed by atoms with Crippen molar-refractivity contribution in [3.63, 3.8) is 0 Å². The summed E-state index contributed by atoms with van der Waals surface area (Å²) in [6.45, 7) is 7.22. The van der Waals surface area contributed by atoms with Crippen LogP contribution in [0.5, 0.6) is 0 Å². The minimum absolute atomic E-state index is 0.0107. The monoisotopic (exact) mass is 366 g/mol. The van der Waals surface area contributed by atoms with Crippen molar-refractivity contribution in [2.75, 3.05) is 5.32 Å². The molecule has 0 saturated heterocycles. The second-order valence-corrected chi connectivity index (χ2v) is 6.78. The van der Waals surface area contributed by atoms with Crippen LogP contribution in [0.15, 0.2) is 47.0 Å². The number of carbonyl (C=O) groups excluding carboxylic acids is 1. The Kier molecular flexibility index (Phi) is 6.08. The number of furan rings is 1. The molecule has 3 N–H and O–H groups in total. The SMILES string of the molecule is CCC(C)C(=O)Nc1cccc(CNCc2cn[nH]c2-c2ccc(C)o2)c1. The third-order valence-corrected chi connectivity index (χ3v) is 4.60. The number of aromatic amines is 1. The fraction of sp³-hybridized carbons (Fsp3) is 0.333. The number of hydrogen-bond acceptors (Lipinski definition) is 4. The predicted octanol–water partition coefficient (Wildman–Crippen LogP) is 4.25. The molecule has 0 radical (unpaired) electrons. The molecule has 0 aliphatic rings. The van der Waals surface area contributed by atoms with E-state index in [0.717, 1.165) is 40.4 Å². The van der Waals surface area contributed by atoms with Gasteiger partial charge in [-0.25, -0.2) is 0 Å². The van der Waals surface area contributed by atoms with Gasteiger partial charge < -0.3 is 15.1 Å². The van der Waals surface area contributed by atoms with Crippen LogP contribution in [0.2, 0.25) is 0 Å². The highest BCUT2D eigenvalue weighted by Crippen LogP contribution is 2.23. The highest BCUT2D eigenvalue weighted by molar-refractivity contribution is 5.92. The van der Waals surface area contributed by atoms with E-state index in [1.54, 1.807) is 0 Å². The van der Waals surface area contributed by atoms with E-state index in [2.05, 4.69) is 20.8 Å².